The molecule has 2 saturated heterocycles. The van der Waals surface area contributed by atoms with E-state index < -0.39 is 0 Å². The molecule has 1 atom stereocenters. The standard InChI is InChI=1S/C17H28N2O2S/c20-16(15-4-2-1-3-5-15)18-14-17(6-10-21-11-7-17)19-8-12-22-13-9-19/h1-2,15H,3-14H2,(H,18,20). The number of nitrogens with one attached hydrogen (secondary N) is 1. The lowest BCUT2D eigenvalue weighted by atomic mass is 9.86. The quantitative estimate of drug-likeness (QED) is 0.804. The summed E-state index contributed by atoms with van der Waals surface area (Å²) in [7, 11) is 0. The van der Waals surface area contributed by atoms with E-state index in [4.69, 9.17) is 4.74 Å². The van der Waals surface area contributed by atoms with E-state index in [-0.39, 0.29) is 17.4 Å². The van der Waals surface area contributed by atoms with Crippen LogP contribution in [0.15, 0.2) is 12.2 Å². The Hall–Kier alpha value is -0.520. The Morgan fingerprint density at radius 1 is 1.27 bits per heavy atom. The number of carbonyl (C=O) groups is 1. The highest BCUT2D eigenvalue weighted by molar-refractivity contribution is 7.99. The fraction of sp³-hybridized carbons (Fsp3) is 0.824. The maximum absolute atomic E-state index is 12.5. The molecule has 0 spiro atoms. The van der Waals surface area contributed by atoms with Gasteiger partial charge in [0.1, 0.15) is 0 Å². The number of allylic oxidation sites excluding steroid dienone is 2. The molecule has 0 aromatic rings. The van der Waals surface area contributed by atoms with Crippen molar-refractivity contribution in [3.8, 4) is 0 Å². The van der Waals surface area contributed by atoms with E-state index in [2.05, 4.69) is 22.4 Å². The fourth-order valence-electron chi connectivity index (χ4n) is 3.82. The van der Waals surface area contributed by atoms with Crippen molar-refractivity contribution in [1.82, 2.24) is 10.2 Å². The summed E-state index contributed by atoms with van der Waals surface area (Å²) in [6, 6.07) is 0. The van der Waals surface area contributed by atoms with Crippen LogP contribution in [0, 0.1) is 5.92 Å². The number of rotatable bonds is 4. The van der Waals surface area contributed by atoms with Crippen LogP contribution in [-0.4, -0.2) is 60.7 Å². The van der Waals surface area contributed by atoms with Crippen LogP contribution in [0.3, 0.4) is 0 Å². The van der Waals surface area contributed by atoms with Crippen LogP contribution >= 0.6 is 11.8 Å². The topological polar surface area (TPSA) is 41.6 Å². The molecule has 2 aliphatic heterocycles. The summed E-state index contributed by atoms with van der Waals surface area (Å²) < 4.78 is 5.58. The molecular weight excluding hydrogens is 296 g/mol. The molecule has 1 unspecified atom stereocenters. The van der Waals surface area contributed by atoms with Crippen LogP contribution in [0.5, 0.6) is 0 Å². The smallest absolute Gasteiger partial charge is 0.223 e. The van der Waals surface area contributed by atoms with E-state index in [1.807, 2.05) is 11.8 Å². The first-order valence-electron chi connectivity index (χ1n) is 8.63. The van der Waals surface area contributed by atoms with E-state index in [0.717, 1.165) is 65.0 Å². The molecule has 3 aliphatic rings. The van der Waals surface area contributed by atoms with Gasteiger partial charge in [-0.15, -0.1) is 0 Å². The summed E-state index contributed by atoms with van der Waals surface area (Å²) in [5.74, 6) is 2.86. The van der Waals surface area contributed by atoms with Crippen molar-refractivity contribution < 1.29 is 9.53 Å². The third-order valence-electron chi connectivity index (χ3n) is 5.34. The Labute approximate surface area is 138 Å². The van der Waals surface area contributed by atoms with Gasteiger partial charge in [-0.05, 0) is 32.1 Å². The van der Waals surface area contributed by atoms with E-state index in [9.17, 15) is 4.79 Å². The molecule has 0 radical (unpaired) electrons. The summed E-state index contributed by atoms with van der Waals surface area (Å²) in [4.78, 5) is 15.1. The SMILES string of the molecule is O=C(NCC1(N2CCSCC2)CCOCC1)C1CC=CCC1. The zero-order valence-corrected chi connectivity index (χ0v) is 14.2. The Morgan fingerprint density at radius 3 is 2.73 bits per heavy atom. The Morgan fingerprint density at radius 2 is 2.05 bits per heavy atom. The van der Waals surface area contributed by atoms with E-state index in [1.54, 1.807) is 0 Å². The Balaban J connectivity index is 1.59. The summed E-state index contributed by atoms with van der Waals surface area (Å²) in [6.45, 7) is 4.73. The number of thioether (sulfide) groups is 1. The molecule has 0 bridgehead atoms. The van der Waals surface area contributed by atoms with Crippen molar-refractivity contribution in [2.75, 3.05) is 44.4 Å². The molecule has 1 aliphatic carbocycles. The molecule has 2 fully saturated rings. The number of hydrogen-bond acceptors (Lipinski definition) is 4. The first-order chi connectivity index (χ1) is 10.8. The predicted octanol–water partition coefficient (Wildman–Crippen LogP) is 2.06. The average Bonchev–Trinajstić information content (AvgIpc) is 2.62. The molecule has 124 valence electrons. The Kier molecular flexibility index (Phi) is 5.83. The summed E-state index contributed by atoms with van der Waals surface area (Å²) in [6.07, 6.45) is 9.38. The van der Waals surface area contributed by atoms with Crippen molar-refractivity contribution in [1.29, 1.82) is 0 Å². The lowest BCUT2D eigenvalue weighted by Crippen LogP contribution is -2.60. The van der Waals surface area contributed by atoms with E-state index in [1.165, 1.54) is 11.5 Å². The lowest BCUT2D eigenvalue weighted by molar-refractivity contribution is -0.126. The van der Waals surface area contributed by atoms with Gasteiger partial charge in [0, 0.05) is 55.8 Å². The minimum absolute atomic E-state index is 0.124. The second kappa shape index (κ2) is 7.84. The van der Waals surface area contributed by atoms with Crippen LogP contribution in [0.2, 0.25) is 0 Å². The van der Waals surface area contributed by atoms with Crippen LogP contribution < -0.4 is 5.32 Å². The van der Waals surface area contributed by atoms with Crippen LogP contribution in [0.4, 0.5) is 0 Å². The second-order valence-electron chi connectivity index (χ2n) is 6.64. The number of ether oxygens (including phenoxy) is 1. The number of carbonyl (C=O) groups excluding carboxylic acids is 1. The zero-order chi connectivity index (χ0) is 15.3. The second-order valence-corrected chi connectivity index (χ2v) is 7.86. The van der Waals surface area contributed by atoms with Gasteiger partial charge in [0.05, 0.1) is 0 Å². The first kappa shape index (κ1) is 16.3. The van der Waals surface area contributed by atoms with Crippen LogP contribution in [0.1, 0.15) is 32.1 Å². The molecular formula is C17H28N2O2S. The molecule has 0 aromatic heterocycles. The van der Waals surface area contributed by atoms with E-state index in [0.29, 0.717) is 0 Å². The summed E-state index contributed by atoms with van der Waals surface area (Å²) >= 11 is 2.04. The monoisotopic (exact) mass is 324 g/mol. The maximum Gasteiger partial charge on any atom is 0.223 e. The summed E-state index contributed by atoms with van der Waals surface area (Å²) in [5, 5.41) is 3.28. The third kappa shape index (κ3) is 3.87. The molecule has 0 saturated carbocycles. The molecule has 0 aromatic carbocycles. The summed E-state index contributed by atoms with van der Waals surface area (Å²) in [5.41, 5.74) is 0.124. The van der Waals surface area contributed by atoms with Gasteiger partial charge < -0.3 is 10.1 Å². The van der Waals surface area contributed by atoms with Crippen molar-refractivity contribution >= 4 is 17.7 Å². The highest BCUT2D eigenvalue weighted by Crippen LogP contribution is 2.30. The predicted molar refractivity (Wildman–Crippen MR) is 91.2 cm³/mol. The highest BCUT2D eigenvalue weighted by atomic mass is 32.2. The molecule has 4 nitrogen and oxygen atoms in total. The van der Waals surface area contributed by atoms with Crippen LogP contribution in [0.25, 0.3) is 0 Å². The number of amides is 1. The van der Waals surface area contributed by atoms with Crippen molar-refractivity contribution in [2.45, 2.75) is 37.6 Å². The highest BCUT2D eigenvalue weighted by Gasteiger charge is 2.39. The molecule has 3 rings (SSSR count). The fourth-order valence-corrected chi connectivity index (χ4v) is 4.72. The van der Waals surface area contributed by atoms with Gasteiger partial charge in [0.15, 0.2) is 0 Å². The van der Waals surface area contributed by atoms with Gasteiger partial charge in [-0.1, -0.05) is 12.2 Å². The molecule has 5 heteroatoms. The van der Waals surface area contributed by atoms with E-state index >= 15 is 0 Å². The van der Waals surface area contributed by atoms with Gasteiger partial charge in [-0.25, -0.2) is 0 Å². The first-order valence-corrected chi connectivity index (χ1v) is 9.79. The van der Waals surface area contributed by atoms with Gasteiger partial charge in [0.25, 0.3) is 0 Å². The van der Waals surface area contributed by atoms with Gasteiger partial charge >= 0.3 is 0 Å². The normalized spacial score (nSPS) is 29.2. The largest absolute Gasteiger partial charge is 0.381 e. The van der Waals surface area contributed by atoms with Crippen molar-refractivity contribution in [2.24, 2.45) is 5.92 Å². The number of hydrogen-bond donors (Lipinski definition) is 1. The molecule has 1 N–H and O–H groups in total. The van der Waals surface area contributed by atoms with Gasteiger partial charge in [-0.2, -0.15) is 11.8 Å². The maximum atomic E-state index is 12.5. The molecule has 22 heavy (non-hydrogen) atoms. The average molecular weight is 324 g/mol. The lowest BCUT2D eigenvalue weighted by Gasteiger charge is -2.48. The molecule has 2 heterocycles. The van der Waals surface area contributed by atoms with Crippen molar-refractivity contribution in [3.05, 3.63) is 12.2 Å². The van der Waals surface area contributed by atoms with Crippen LogP contribution in [-0.2, 0) is 9.53 Å². The third-order valence-corrected chi connectivity index (χ3v) is 6.28. The Bertz CT molecular complexity index is 401. The molecule has 1 amide bonds. The van der Waals surface area contributed by atoms with Crippen molar-refractivity contribution in [3.63, 3.8) is 0 Å². The number of nitrogens with zero attached hydrogens (tertiary/aromatic N) is 1. The van der Waals surface area contributed by atoms with Gasteiger partial charge in [0.2, 0.25) is 5.91 Å². The minimum Gasteiger partial charge on any atom is -0.381 e. The zero-order valence-electron chi connectivity index (χ0n) is 13.4. The van der Waals surface area contributed by atoms with Gasteiger partial charge in [-0.3, -0.25) is 9.69 Å². The minimum atomic E-state index is 0.124.